The molecular formula is C18H22N2O4. The highest BCUT2D eigenvalue weighted by Crippen LogP contribution is 2.17. The molecule has 0 aliphatic rings. The van der Waals surface area contributed by atoms with Crippen LogP contribution >= 0.6 is 0 Å². The van der Waals surface area contributed by atoms with Crippen molar-refractivity contribution >= 4 is 11.9 Å². The summed E-state index contributed by atoms with van der Waals surface area (Å²) in [4.78, 5) is 23.0. The first kappa shape index (κ1) is 17.7. The van der Waals surface area contributed by atoms with Gasteiger partial charge in [0.1, 0.15) is 5.76 Å². The molecule has 1 heterocycles. The van der Waals surface area contributed by atoms with Gasteiger partial charge in [-0.25, -0.2) is 4.79 Å². The Labute approximate surface area is 140 Å². The van der Waals surface area contributed by atoms with Gasteiger partial charge in [0.05, 0.1) is 11.3 Å². The lowest BCUT2D eigenvalue weighted by atomic mass is 9.99. The van der Waals surface area contributed by atoms with E-state index in [9.17, 15) is 9.59 Å². The van der Waals surface area contributed by atoms with Crippen molar-refractivity contribution in [2.75, 3.05) is 6.54 Å². The Bertz CT molecular complexity index is 700. The van der Waals surface area contributed by atoms with Crippen LogP contribution in [-0.2, 0) is 17.6 Å². The minimum absolute atomic E-state index is 0.0165. The van der Waals surface area contributed by atoms with Crippen LogP contribution in [0.25, 0.3) is 0 Å². The second-order valence-corrected chi connectivity index (χ2v) is 5.95. The minimum Gasteiger partial charge on any atom is -0.478 e. The Morgan fingerprint density at radius 1 is 1.25 bits per heavy atom. The molecule has 2 N–H and O–H groups in total. The summed E-state index contributed by atoms with van der Waals surface area (Å²) >= 11 is 0. The first-order chi connectivity index (χ1) is 11.4. The Morgan fingerprint density at radius 3 is 2.46 bits per heavy atom. The zero-order valence-electron chi connectivity index (χ0n) is 14.1. The number of aromatic nitrogens is 1. The normalized spacial score (nSPS) is 12.0. The van der Waals surface area contributed by atoms with E-state index in [1.807, 2.05) is 20.8 Å². The maximum Gasteiger partial charge on any atom is 0.335 e. The van der Waals surface area contributed by atoms with Gasteiger partial charge in [-0.05, 0) is 44.4 Å². The predicted molar refractivity (Wildman–Crippen MR) is 89.0 cm³/mol. The van der Waals surface area contributed by atoms with Crippen LogP contribution in [0.5, 0.6) is 0 Å². The first-order valence-electron chi connectivity index (χ1n) is 7.90. The maximum atomic E-state index is 12.2. The third-order valence-electron chi connectivity index (χ3n) is 4.05. The highest BCUT2D eigenvalue weighted by molar-refractivity contribution is 5.87. The zero-order chi connectivity index (χ0) is 17.7. The average molecular weight is 330 g/mol. The fourth-order valence-electron chi connectivity index (χ4n) is 2.51. The predicted octanol–water partition coefficient (Wildman–Crippen LogP) is 2.53. The topological polar surface area (TPSA) is 92.4 Å². The molecule has 1 unspecified atom stereocenters. The van der Waals surface area contributed by atoms with E-state index in [0.29, 0.717) is 19.4 Å². The highest BCUT2D eigenvalue weighted by Gasteiger charge is 2.18. The van der Waals surface area contributed by atoms with Gasteiger partial charge in [0, 0.05) is 18.0 Å². The fourth-order valence-corrected chi connectivity index (χ4v) is 2.51. The van der Waals surface area contributed by atoms with Crippen molar-refractivity contribution < 1.29 is 19.2 Å². The number of nitrogens with zero attached hydrogens (tertiary/aromatic N) is 1. The second kappa shape index (κ2) is 7.77. The van der Waals surface area contributed by atoms with E-state index in [1.54, 1.807) is 24.3 Å². The number of hydrogen-bond donors (Lipinski definition) is 2. The molecule has 0 aliphatic carbocycles. The fraction of sp³-hybridized carbons (Fsp3) is 0.389. The van der Waals surface area contributed by atoms with Gasteiger partial charge in [0.15, 0.2) is 0 Å². The van der Waals surface area contributed by atoms with Crippen molar-refractivity contribution in [2.24, 2.45) is 5.92 Å². The number of hydrogen-bond acceptors (Lipinski definition) is 4. The first-order valence-corrected chi connectivity index (χ1v) is 7.90. The number of aromatic carboxylic acids is 1. The molecule has 1 aromatic heterocycles. The Hall–Kier alpha value is -2.63. The molecule has 0 aliphatic heterocycles. The van der Waals surface area contributed by atoms with Crippen molar-refractivity contribution in [1.82, 2.24) is 10.5 Å². The number of carbonyl (C=O) groups is 2. The molecule has 0 bridgehead atoms. The molecular weight excluding hydrogens is 308 g/mol. The van der Waals surface area contributed by atoms with Crippen LogP contribution in [0, 0.1) is 19.8 Å². The highest BCUT2D eigenvalue weighted by atomic mass is 16.5. The molecule has 0 saturated carbocycles. The Morgan fingerprint density at radius 2 is 1.92 bits per heavy atom. The summed E-state index contributed by atoms with van der Waals surface area (Å²) in [5.41, 5.74) is 3.06. The van der Waals surface area contributed by atoms with E-state index in [1.165, 1.54) is 0 Å². The van der Waals surface area contributed by atoms with Gasteiger partial charge < -0.3 is 14.9 Å². The number of aryl methyl sites for hydroxylation is 2. The molecule has 1 aromatic carbocycles. The molecule has 1 amide bonds. The number of benzene rings is 1. The molecule has 1 atom stereocenters. The number of carboxylic acids is 1. The quantitative estimate of drug-likeness (QED) is 0.814. The second-order valence-electron chi connectivity index (χ2n) is 5.95. The van der Waals surface area contributed by atoms with Gasteiger partial charge in [0.2, 0.25) is 5.91 Å². The summed E-state index contributed by atoms with van der Waals surface area (Å²) < 4.78 is 5.12. The number of carboxylic acid groups (broad SMARTS) is 1. The van der Waals surface area contributed by atoms with Crippen LogP contribution < -0.4 is 5.32 Å². The van der Waals surface area contributed by atoms with Crippen LogP contribution in [0.3, 0.4) is 0 Å². The van der Waals surface area contributed by atoms with Gasteiger partial charge in [-0.2, -0.15) is 0 Å². The van der Waals surface area contributed by atoms with Crippen LogP contribution in [-0.4, -0.2) is 28.7 Å². The monoisotopic (exact) mass is 330 g/mol. The number of nitrogens with one attached hydrogen (secondary N) is 1. The molecule has 6 heteroatoms. The van der Waals surface area contributed by atoms with Gasteiger partial charge in [-0.1, -0.05) is 24.2 Å². The lowest BCUT2D eigenvalue weighted by Gasteiger charge is -2.12. The summed E-state index contributed by atoms with van der Waals surface area (Å²) in [5, 5.41) is 15.7. The Balaban J connectivity index is 1.81. The van der Waals surface area contributed by atoms with Crippen LogP contribution in [0.2, 0.25) is 0 Å². The van der Waals surface area contributed by atoms with Crippen molar-refractivity contribution in [2.45, 2.75) is 33.6 Å². The molecule has 0 fully saturated rings. The van der Waals surface area contributed by atoms with Crippen molar-refractivity contribution in [3.05, 3.63) is 52.4 Å². The van der Waals surface area contributed by atoms with Crippen molar-refractivity contribution in [3.8, 4) is 0 Å². The third-order valence-corrected chi connectivity index (χ3v) is 4.05. The van der Waals surface area contributed by atoms with E-state index in [-0.39, 0.29) is 17.4 Å². The summed E-state index contributed by atoms with van der Waals surface area (Å²) in [7, 11) is 0. The SMILES string of the molecule is Cc1noc(C)c1CC(C)C(=O)NCCc1ccc(C(=O)O)cc1. The number of rotatable bonds is 7. The molecule has 24 heavy (non-hydrogen) atoms. The molecule has 0 radical (unpaired) electrons. The summed E-state index contributed by atoms with van der Waals surface area (Å²) in [5.74, 6) is -0.373. The smallest absolute Gasteiger partial charge is 0.335 e. The zero-order valence-corrected chi connectivity index (χ0v) is 14.1. The van der Waals surface area contributed by atoms with Crippen molar-refractivity contribution in [3.63, 3.8) is 0 Å². The van der Waals surface area contributed by atoms with E-state index in [4.69, 9.17) is 9.63 Å². The number of carbonyl (C=O) groups excluding carboxylic acids is 1. The van der Waals surface area contributed by atoms with Gasteiger partial charge in [-0.3, -0.25) is 4.79 Å². The average Bonchev–Trinajstić information content (AvgIpc) is 2.87. The van der Waals surface area contributed by atoms with Crippen LogP contribution in [0.4, 0.5) is 0 Å². The molecule has 2 aromatic rings. The van der Waals surface area contributed by atoms with E-state index in [2.05, 4.69) is 10.5 Å². The van der Waals surface area contributed by atoms with Crippen LogP contribution in [0.1, 0.15) is 39.9 Å². The molecule has 0 saturated heterocycles. The summed E-state index contributed by atoms with van der Waals surface area (Å²) in [6.45, 7) is 6.11. The molecule has 6 nitrogen and oxygen atoms in total. The summed E-state index contributed by atoms with van der Waals surface area (Å²) in [6.07, 6.45) is 1.25. The van der Waals surface area contributed by atoms with Crippen LogP contribution in [0.15, 0.2) is 28.8 Å². The molecule has 0 spiro atoms. The van der Waals surface area contributed by atoms with Gasteiger partial charge in [-0.15, -0.1) is 0 Å². The third kappa shape index (κ3) is 4.44. The maximum absolute atomic E-state index is 12.2. The number of amides is 1. The van der Waals surface area contributed by atoms with E-state index < -0.39 is 5.97 Å². The Kier molecular flexibility index (Phi) is 5.73. The van der Waals surface area contributed by atoms with Gasteiger partial charge in [0.25, 0.3) is 0 Å². The largest absolute Gasteiger partial charge is 0.478 e. The standard InChI is InChI=1S/C18H22N2O4/c1-11(10-16-12(2)20-24-13(16)3)17(21)19-9-8-14-4-6-15(7-5-14)18(22)23/h4-7,11H,8-10H2,1-3H3,(H,19,21)(H,22,23). The minimum atomic E-state index is -0.942. The lowest BCUT2D eigenvalue weighted by molar-refractivity contribution is -0.124. The summed E-state index contributed by atoms with van der Waals surface area (Å²) in [6, 6.07) is 6.67. The van der Waals surface area contributed by atoms with Gasteiger partial charge >= 0.3 is 5.97 Å². The van der Waals surface area contributed by atoms with E-state index in [0.717, 1.165) is 22.6 Å². The molecule has 128 valence electrons. The lowest BCUT2D eigenvalue weighted by Crippen LogP contribution is -2.32. The van der Waals surface area contributed by atoms with Crippen molar-refractivity contribution in [1.29, 1.82) is 0 Å². The van der Waals surface area contributed by atoms with E-state index >= 15 is 0 Å². The molecule has 2 rings (SSSR count).